The van der Waals surface area contributed by atoms with E-state index in [0.29, 0.717) is 12.8 Å². The SMILES string of the molecule is CC(C)C(=O)Nc1nnc(S(=O)(=O)N(C)[C@@H]2CCCC[C@@H]2O)s1. The van der Waals surface area contributed by atoms with Crippen molar-refractivity contribution in [2.24, 2.45) is 5.92 Å². The molecule has 10 heteroatoms. The number of carbonyl (C=O) groups is 1. The van der Waals surface area contributed by atoms with Crippen LogP contribution < -0.4 is 5.32 Å². The van der Waals surface area contributed by atoms with Gasteiger partial charge in [0, 0.05) is 13.0 Å². The van der Waals surface area contributed by atoms with Crippen LogP contribution in [0.2, 0.25) is 0 Å². The Balaban J connectivity index is 2.16. The summed E-state index contributed by atoms with van der Waals surface area (Å²) in [6.07, 6.45) is 2.32. The third kappa shape index (κ3) is 4.06. The maximum Gasteiger partial charge on any atom is 0.272 e. The van der Waals surface area contributed by atoms with Gasteiger partial charge in [-0.3, -0.25) is 4.79 Å². The summed E-state index contributed by atoms with van der Waals surface area (Å²) < 4.78 is 26.2. The predicted octanol–water partition coefficient (Wildman–Crippen LogP) is 1.06. The van der Waals surface area contributed by atoms with E-state index in [9.17, 15) is 18.3 Å². The maximum atomic E-state index is 12.6. The first-order valence-corrected chi connectivity index (χ1v) is 9.79. The van der Waals surface area contributed by atoms with E-state index >= 15 is 0 Å². The molecule has 1 saturated carbocycles. The first-order valence-electron chi connectivity index (χ1n) is 7.54. The molecule has 0 radical (unpaired) electrons. The van der Waals surface area contributed by atoms with Gasteiger partial charge in [-0.2, -0.15) is 4.31 Å². The Morgan fingerprint density at radius 1 is 1.35 bits per heavy atom. The first kappa shape index (κ1) is 18.2. The molecule has 0 bridgehead atoms. The molecule has 2 N–H and O–H groups in total. The average Bonchev–Trinajstić information content (AvgIpc) is 2.96. The van der Waals surface area contributed by atoms with Gasteiger partial charge in [0.2, 0.25) is 15.4 Å². The van der Waals surface area contributed by atoms with Crippen molar-refractivity contribution in [3.05, 3.63) is 0 Å². The van der Waals surface area contributed by atoms with E-state index < -0.39 is 22.2 Å². The van der Waals surface area contributed by atoms with Crippen molar-refractivity contribution in [2.45, 2.75) is 56.0 Å². The van der Waals surface area contributed by atoms with E-state index in [1.807, 2.05) is 0 Å². The minimum absolute atomic E-state index is 0.153. The number of nitrogens with zero attached hydrogens (tertiary/aromatic N) is 3. The summed E-state index contributed by atoms with van der Waals surface area (Å²) in [7, 11) is -2.39. The standard InChI is InChI=1S/C13H22N4O4S2/c1-8(2)11(19)14-12-15-16-13(22-12)23(20,21)17(3)9-6-4-5-7-10(9)18/h8-10,18H,4-7H2,1-3H3,(H,14,15,19)/t9-,10+/m1/s1. The fourth-order valence-corrected chi connectivity index (χ4v) is 4.92. The van der Waals surface area contributed by atoms with Crippen molar-refractivity contribution in [3.63, 3.8) is 0 Å². The highest BCUT2D eigenvalue weighted by Gasteiger charge is 2.36. The first-order chi connectivity index (χ1) is 10.7. The van der Waals surface area contributed by atoms with Crippen molar-refractivity contribution in [1.82, 2.24) is 14.5 Å². The van der Waals surface area contributed by atoms with Crippen molar-refractivity contribution < 1.29 is 18.3 Å². The summed E-state index contributed by atoms with van der Waals surface area (Å²) in [6.45, 7) is 3.46. The van der Waals surface area contributed by atoms with Crippen LogP contribution in [-0.2, 0) is 14.8 Å². The highest BCUT2D eigenvalue weighted by atomic mass is 32.2. The van der Waals surface area contributed by atoms with Gasteiger partial charge in [-0.15, -0.1) is 10.2 Å². The third-order valence-corrected chi connectivity index (χ3v) is 6.99. The zero-order chi connectivity index (χ0) is 17.2. The maximum absolute atomic E-state index is 12.6. The molecule has 8 nitrogen and oxygen atoms in total. The second-order valence-electron chi connectivity index (χ2n) is 5.96. The Labute approximate surface area is 140 Å². The lowest BCUT2D eigenvalue weighted by Gasteiger charge is -2.33. The number of aliphatic hydroxyl groups excluding tert-OH is 1. The van der Waals surface area contributed by atoms with Crippen molar-refractivity contribution in [2.75, 3.05) is 12.4 Å². The molecular weight excluding hydrogens is 340 g/mol. The van der Waals surface area contributed by atoms with E-state index in [2.05, 4.69) is 15.5 Å². The minimum atomic E-state index is -3.84. The number of likely N-dealkylation sites (N-methyl/N-ethyl adjacent to an activating group) is 1. The molecule has 1 aliphatic rings. The summed E-state index contributed by atoms with van der Waals surface area (Å²) in [6, 6.07) is -0.452. The van der Waals surface area contributed by atoms with Crippen LogP contribution in [0.4, 0.5) is 5.13 Å². The Kier molecular flexibility index (Phi) is 5.71. The van der Waals surface area contributed by atoms with E-state index in [-0.39, 0.29) is 21.3 Å². The third-order valence-electron chi connectivity index (χ3n) is 3.92. The monoisotopic (exact) mass is 362 g/mol. The van der Waals surface area contributed by atoms with Gasteiger partial charge in [-0.1, -0.05) is 38.0 Å². The van der Waals surface area contributed by atoms with E-state index in [0.717, 1.165) is 24.2 Å². The second kappa shape index (κ2) is 7.20. The van der Waals surface area contributed by atoms with Gasteiger partial charge < -0.3 is 10.4 Å². The minimum Gasteiger partial charge on any atom is -0.391 e. The quantitative estimate of drug-likeness (QED) is 0.757. The summed E-state index contributed by atoms with van der Waals surface area (Å²) in [5, 5.41) is 20.1. The Hall–Kier alpha value is -1.10. The molecule has 1 aromatic rings. The molecule has 2 rings (SSSR count). The van der Waals surface area contributed by atoms with Crippen LogP contribution in [0.25, 0.3) is 0 Å². The molecule has 0 aromatic carbocycles. The molecule has 0 saturated heterocycles. The van der Waals surface area contributed by atoms with Crippen LogP contribution in [0, 0.1) is 5.92 Å². The largest absolute Gasteiger partial charge is 0.391 e. The number of aromatic nitrogens is 2. The van der Waals surface area contributed by atoms with Gasteiger partial charge in [0.25, 0.3) is 10.0 Å². The number of carbonyl (C=O) groups excluding carboxylic acids is 1. The summed E-state index contributed by atoms with van der Waals surface area (Å²) in [5.74, 6) is -0.486. The summed E-state index contributed by atoms with van der Waals surface area (Å²) in [4.78, 5) is 11.6. The van der Waals surface area contributed by atoms with Crippen molar-refractivity contribution in [3.8, 4) is 0 Å². The molecule has 1 amide bonds. The number of hydrogen-bond donors (Lipinski definition) is 2. The molecule has 0 unspecified atom stereocenters. The fraction of sp³-hybridized carbons (Fsp3) is 0.769. The Bertz CT molecular complexity index is 659. The molecule has 0 aliphatic heterocycles. The van der Waals surface area contributed by atoms with Gasteiger partial charge in [0.15, 0.2) is 0 Å². The van der Waals surface area contributed by atoms with Gasteiger partial charge >= 0.3 is 0 Å². The van der Waals surface area contributed by atoms with Crippen molar-refractivity contribution >= 4 is 32.4 Å². The number of nitrogens with one attached hydrogen (secondary N) is 1. The van der Waals surface area contributed by atoms with Crippen molar-refractivity contribution in [1.29, 1.82) is 0 Å². The molecule has 130 valence electrons. The molecule has 1 fully saturated rings. The molecule has 23 heavy (non-hydrogen) atoms. The lowest BCUT2D eigenvalue weighted by atomic mass is 9.93. The molecule has 1 heterocycles. The van der Waals surface area contributed by atoms with Gasteiger partial charge in [0.05, 0.1) is 12.1 Å². The number of sulfonamides is 1. The molecule has 2 atom stereocenters. The molecule has 0 spiro atoms. The predicted molar refractivity (Wildman–Crippen MR) is 86.6 cm³/mol. The van der Waals surface area contributed by atoms with E-state index in [1.165, 1.54) is 11.4 Å². The molecular formula is C13H22N4O4S2. The number of aliphatic hydroxyl groups is 1. The van der Waals surface area contributed by atoms with Gasteiger partial charge in [-0.05, 0) is 12.8 Å². The van der Waals surface area contributed by atoms with Crippen LogP contribution in [-0.4, -0.2) is 53.1 Å². The zero-order valence-electron chi connectivity index (χ0n) is 13.4. The lowest BCUT2D eigenvalue weighted by molar-refractivity contribution is -0.118. The van der Waals surface area contributed by atoms with Crippen LogP contribution in [0.3, 0.4) is 0 Å². The van der Waals surface area contributed by atoms with Crippen LogP contribution in [0.1, 0.15) is 39.5 Å². The Morgan fingerprint density at radius 2 is 2.00 bits per heavy atom. The van der Waals surface area contributed by atoms with Gasteiger partial charge in [-0.25, -0.2) is 8.42 Å². The highest BCUT2D eigenvalue weighted by molar-refractivity contribution is 7.91. The summed E-state index contributed by atoms with van der Waals surface area (Å²) >= 11 is 0.814. The molecule has 1 aliphatic carbocycles. The van der Waals surface area contributed by atoms with Gasteiger partial charge in [0.1, 0.15) is 0 Å². The van der Waals surface area contributed by atoms with E-state index in [4.69, 9.17) is 0 Å². The lowest BCUT2D eigenvalue weighted by Crippen LogP contribution is -2.46. The van der Waals surface area contributed by atoms with E-state index in [1.54, 1.807) is 13.8 Å². The second-order valence-corrected chi connectivity index (χ2v) is 9.11. The number of anilines is 1. The summed E-state index contributed by atoms with van der Waals surface area (Å²) in [5.41, 5.74) is 0. The zero-order valence-corrected chi connectivity index (χ0v) is 15.0. The van der Waals surface area contributed by atoms with Crippen LogP contribution in [0.5, 0.6) is 0 Å². The normalized spacial score (nSPS) is 22.5. The number of amides is 1. The van der Waals surface area contributed by atoms with Crippen LogP contribution in [0.15, 0.2) is 4.34 Å². The fourth-order valence-electron chi connectivity index (χ4n) is 2.43. The molecule has 1 aromatic heterocycles. The van der Waals surface area contributed by atoms with Crippen LogP contribution >= 0.6 is 11.3 Å². The number of rotatable bonds is 5. The Morgan fingerprint density at radius 3 is 2.61 bits per heavy atom. The highest BCUT2D eigenvalue weighted by Crippen LogP contribution is 2.29. The number of hydrogen-bond acceptors (Lipinski definition) is 7. The topological polar surface area (TPSA) is 112 Å². The smallest absolute Gasteiger partial charge is 0.272 e. The average molecular weight is 362 g/mol.